The number of nitrogens with one attached hydrogen (secondary N) is 1. The zero-order valence-corrected chi connectivity index (χ0v) is 20.4. The average Bonchev–Trinajstić information content (AvgIpc) is 2.83. The van der Waals surface area contributed by atoms with Crippen molar-refractivity contribution in [2.45, 2.75) is 37.5 Å². The Labute approximate surface area is 203 Å². The van der Waals surface area contributed by atoms with Crippen LogP contribution in [-0.4, -0.2) is 24.6 Å². The number of hydrogen-bond donors (Lipinski definition) is 1. The van der Waals surface area contributed by atoms with Crippen molar-refractivity contribution in [2.75, 3.05) is 29.6 Å². The lowest BCUT2D eigenvalue weighted by Gasteiger charge is -2.50. The molecule has 1 amide bonds. The van der Waals surface area contributed by atoms with E-state index >= 15 is 0 Å². The second-order valence-corrected chi connectivity index (χ2v) is 10.5. The number of amides is 1. The molecule has 0 fully saturated rings. The van der Waals surface area contributed by atoms with Gasteiger partial charge >= 0.3 is 0 Å². The van der Waals surface area contributed by atoms with Crippen LogP contribution in [0.1, 0.15) is 48.9 Å². The molecule has 0 radical (unpaired) electrons. The van der Waals surface area contributed by atoms with Crippen LogP contribution >= 0.6 is 11.8 Å². The molecular weight excluding hydrogens is 450 g/mol. The van der Waals surface area contributed by atoms with E-state index in [1.165, 1.54) is 30.0 Å². The Hall–Kier alpha value is -2.86. The lowest BCUT2D eigenvalue weighted by Crippen LogP contribution is -2.47. The number of carbonyl (C=O) groups is 1. The predicted molar refractivity (Wildman–Crippen MR) is 136 cm³/mol. The molecule has 3 aromatic carbocycles. The first-order chi connectivity index (χ1) is 16.2. The van der Waals surface area contributed by atoms with Crippen molar-refractivity contribution in [1.29, 1.82) is 0 Å². The number of nitrogens with zero attached hydrogens (tertiary/aromatic N) is 1. The number of rotatable bonds is 3. The van der Waals surface area contributed by atoms with Crippen LogP contribution in [-0.2, 0) is 10.8 Å². The van der Waals surface area contributed by atoms with Gasteiger partial charge in [0.1, 0.15) is 11.6 Å². The van der Waals surface area contributed by atoms with Crippen molar-refractivity contribution in [2.24, 2.45) is 0 Å². The first kappa shape index (κ1) is 22.9. The Bertz CT molecular complexity index is 1160. The average molecular weight is 479 g/mol. The molecule has 2 aliphatic heterocycles. The molecule has 0 unspecified atom stereocenters. The fourth-order valence-corrected chi connectivity index (χ4v) is 5.83. The monoisotopic (exact) mass is 478 g/mol. The summed E-state index contributed by atoms with van der Waals surface area (Å²) in [7, 11) is 0. The third-order valence-electron chi connectivity index (χ3n) is 7.77. The third kappa shape index (κ3) is 3.68. The summed E-state index contributed by atoms with van der Waals surface area (Å²) in [6.45, 7) is 6.20. The molecule has 0 aliphatic carbocycles. The van der Waals surface area contributed by atoms with Crippen molar-refractivity contribution in [1.82, 2.24) is 0 Å². The minimum atomic E-state index is -0.338. The van der Waals surface area contributed by atoms with Gasteiger partial charge in [-0.1, -0.05) is 49.9 Å². The SMILES string of the molecule is CSC(=O)Nc1cc2c3c(c1)[C@](C)(c1ccc(F)cc1)CCN3CC[C@@]2(C)c1ccc(F)cc1. The number of halogens is 2. The highest BCUT2D eigenvalue weighted by Crippen LogP contribution is 2.54. The molecule has 2 atom stereocenters. The van der Waals surface area contributed by atoms with Gasteiger partial charge in [-0.2, -0.15) is 0 Å². The van der Waals surface area contributed by atoms with Gasteiger partial charge in [-0.3, -0.25) is 4.79 Å². The molecular formula is C28H28F2N2OS. The van der Waals surface area contributed by atoms with Crippen LogP contribution < -0.4 is 10.2 Å². The summed E-state index contributed by atoms with van der Waals surface area (Å²) in [5, 5.41) is 2.91. The van der Waals surface area contributed by atoms with Crippen LogP contribution in [0.2, 0.25) is 0 Å². The second kappa shape index (κ2) is 8.42. The van der Waals surface area contributed by atoms with E-state index in [-0.39, 0.29) is 27.7 Å². The van der Waals surface area contributed by atoms with Gasteiger partial charge in [-0.05, 0) is 77.7 Å². The molecule has 6 heteroatoms. The molecule has 5 rings (SSSR count). The van der Waals surface area contributed by atoms with E-state index in [1.807, 2.05) is 24.3 Å². The van der Waals surface area contributed by atoms with Crippen LogP contribution in [0.5, 0.6) is 0 Å². The summed E-state index contributed by atoms with van der Waals surface area (Å²) in [5.74, 6) is -0.506. The van der Waals surface area contributed by atoms with Gasteiger partial charge in [0.25, 0.3) is 5.24 Å². The summed E-state index contributed by atoms with van der Waals surface area (Å²) in [6, 6.07) is 17.7. The van der Waals surface area contributed by atoms with E-state index in [2.05, 4.69) is 36.2 Å². The van der Waals surface area contributed by atoms with Gasteiger partial charge in [0, 0.05) is 35.3 Å². The van der Waals surface area contributed by atoms with Gasteiger partial charge in [-0.25, -0.2) is 8.78 Å². The Kier molecular flexibility index (Phi) is 5.67. The van der Waals surface area contributed by atoms with Crippen LogP contribution in [0, 0.1) is 11.6 Å². The summed E-state index contributed by atoms with van der Waals surface area (Å²) in [6.07, 6.45) is 3.53. The van der Waals surface area contributed by atoms with Crippen LogP contribution in [0.25, 0.3) is 0 Å². The number of carbonyl (C=O) groups excluding carboxylic acids is 1. The first-order valence-electron chi connectivity index (χ1n) is 11.6. The van der Waals surface area contributed by atoms with E-state index in [0.717, 1.165) is 65.6 Å². The summed E-state index contributed by atoms with van der Waals surface area (Å²) >= 11 is 1.14. The molecule has 176 valence electrons. The van der Waals surface area contributed by atoms with Crippen molar-refractivity contribution in [3.8, 4) is 0 Å². The second-order valence-electron chi connectivity index (χ2n) is 9.70. The normalized spacial score (nSPS) is 23.4. The maximum Gasteiger partial charge on any atom is 0.283 e. The van der Waals surface area contributed by atoms with E-state index < -0.39 is 0 Å². The van der Waals surface area contributed by atoms with Gasteiger partial charge in [0.05, 0.1) is 0 Å². The Balaban J connectivity index is 1.75. The Morgan fingerprint density at radius 3 is 1.71 bits per heavy atom. The smallest absolute Gasteiger partial charge is 0.283 e. The minimum absolute atomic E-state index is 0.123. The predicted octanol–water partition coefficient (Wildman–Crippen LogP) is 7.09. The fourth-order valence-electron chi connectivity index (χ4n) is 5.61. The summed E-state index contributed by atoms with van der Waals surface area (Å²) in [5.41, 5.74) is 5.62. The molecule has 0 saturated carbocycles. The van der Waals surface area contributed by atoms with Crippen LogP contribution in [0.3, 0.4) is 0 Å². The lowest BCUT2D eigenvalue weighted by molar-refractivity contribution is 0.270. The highest BCUT2D eigenvalue weighted by Gasteiger charge is 2.45. The quantitative estimate of drug-likeness (QED) is 0.436. The Morgan fingerprint density at radius 1 is 0.853 bits per heavy atom. The molecule has 0 saturated heterocycles. The number of benzene rings is 3. The number of hydrogen-bond acceptors (Lipinski definition) is 3. The summed E-state index contributed by atoms with van der Waals surface area (Å²) in [4.78, 5) is 14.8. The van der Waals surface area contributed by atoms with Crippen molar-refractivity contribution in [3.05, 3.63) is 94.6 Å². The minimum Gasteiger partial charge on any atom is -0.371 e. The maximum absolute atomic E-state index is 13.7. The topological polar surface area (TPSA) is 32.3 Å². The molecule has 0 aromatic heterocycles. The zero-order valence-electron chi connectivity index (χ0n) is 19.6. The molecule has 2 aliphatic rings. The van der Waals surface area contributed by atoms with Crippen LogP contribution in [0.15, 0.2) is 60.7 Å². The van der Waals surface area contributed by atoms with Gasteiger partial charge in [-0.15, -0.1) is 0 Å². The van der Waals surface area contributed by atoms with Gasteiger partial charge < -0.3 is 10.2 Å². The molecule has 1 N–H and O–H groups in total. The summed E-state index contributed by atoms with van der Waals surface area (Å²) < 4.78 is 27.5. The van der Waals surface area contributed by atoms with Gasteiger partial charge in [0.15, 0.2) is 0 Å². The fraction of sp³-hybridized carbons (Fsp3) is 0.321. The molecule has 3 nitrogen and oxygen atoms in total. The first-order valence-corrected chi connectivity index (χ1v) is 12.8. The standard InChI is InChI=1S/C28H28F2N2OS/c1-27(18-4-8-20(29)9-5-18)12-14-32-15-13-28(2,19-6-10-21(30)11-7-19)24-17-22(31-26(33)34-3)16-23(27)25(24)32/h4-11,16-17H,12-15H2,1-3H3,(H,31,33)/t27-,28-/m0/s1. The highest BCUT2D eigenvalue weighted by molar-refractivity contribution is 8.13. The van der Waals surface area contributed by atoms with E-state index in [4.69, 9.17) is 0 Å². The number of anilines is 2. The lowest BCUT2D eigenvalue weighted by atomic mass is 9.64. The molecule has 0 spiro atoms. The highest BCUT2D eigenvalue weighted by atomic mass is 32.2. The Morgan fingerprint density at radius 2 is 1.29 bits per heavy atom. The van der Waals surface area contributed by atoms with Crippen molar-refractivity contribution >= 4 is 28.4 Å². The molecule has 34 heavy (non-hydrogen) atoms. The van der Waals surface area contributed by atoms with E-state index in [0.29, 0.717) is 0 Å². The maximum atomic E-state index is 13.7. The van der Waals surface area contributed by atoms with E-state index in [1.54, 1.807) is 6.26 Å². The van der Waals surface area contributed by atoms with Crippen molar-refractivity contribution in [3.63, 3.8) is 0 Å². The zero-order chi connectivity index (χ0) is 24.1. The molecule has 2 heterocycles. The number of thioether (sulfide) groups is 1. The van der Waals surface area contributed by atoms with Gasteiger partial charge in [0.2, 0.25) is 0 Å². The van der Waals surface area contributed by atoms with Crippen molar-refractivity contribution < 1.29 is 13.6 Å². The van der Waals surface area contributed by atoms with Crippen LogP contribution in [0.4, 0.5) is 25.0 Å². The third-order valence-corrected chi connectivity index (χ3v) is 8.25. The molecule has 3 aromatic rings. The largest absolute Gasteiger partial charge is 0.371 e. The van der Waals surface area contributed by atoms with E-state index in [9.17, 15) is 13.6 Å². The molecule has 0 bridgehead atoms.